The second kappa shape index (κ2) is 12.4. The third kappa shape index (κ3) is 6.43. The first-order valence-electron chi connectivity index (χ1n) is 13.5. The van der Waals surface area contributed by atoms with Gasteiger partial charge < -0.3 is 9.47 Å². The lowest BCUT2D eigenvalue weighted by atomic mass is 9.75. The van der Waals surface area contributed by atoms with Gasteiger partial charge in [0, 0.05) is 16.2 Å². The fourth-order valence-electron chi connectivity index (χ4n) is 5.78. The Labute approximate surface area is 231 Å². The summed E-state index contributed by atoms with van der Waals surface area (Å²) in [5.41, 5.74) is 5.36. The van der Waals surface area contributed by atoms with Crippen molar-refractivity contribution in [3.63, 3.8) is 0 Å². The van der Waals surface area contributed by atoms with Crippen LogP contribution in [0.1, 0.15) is 81.4 Å². The van der Waals surface area contributed by atoms with Crippen LogP contribution >= 0.6 is 11.8 Å². The molecule has 3 nitrogen and oxygen atoms in total. The fraction of sp³-hybridized carbons (Fsp3) is 0.424. The van der Waals surface area contributed by atoms with Crippen molar-refractivity contribution in [3.8, 4) is 16.9 Å². The van der Waals surface area contributed by atoms with E-state index in [1.54, 1.807) is 24.9 Å². The van der Waals surface area contributed by atoms with Crippen molar-refractivity contribution in [1.29, 1.82) is 0 Å². The zero-order valence-electron chi connectivity index (χ0n) is 23.2. The molecule has 0 radical (unpaired) electrons. The largest absolute Gasteiger partial charge is 0.497 e. The number of benzene rings is 3. The SMILES string of the molecule is CC[C@@H](CC(=O)OC)c1cccc(SCc2ccc(-c3cc(OC)ccc3F)c([C@H]3CCCC3(C)C)c2)c1. The van der Waals surface area contributed by atoms with Crippen molar-refractivity contribution >= 4 is 17.7 Å². The molecule has 4 rings (SSSR count). The molecule has 0 spiro atoms. The molecule has 1 fully saturated rings. The van der Waals surface area contributed by atoms with Gasteiger partial charge in [-0.1, -0.05) is 57.5 Å². The molecular weight excluding hydrogens is 495 g/mol. The Morgan fingerprint density at radius 3 is 2.58 bits per heavy atom. The summed E-state index contributed by atoms with van der Waals surface area (Å²) in [6, 6.07) is 20.0. The second-order valence-corrected chi connectivity index (χ2v) is 12.0. The van der Waals surface area contributed by atoms with Crippen LogP contribution in [0.25, 0.3) is 11.1 Å². The van der Waals surface area contributed by atoms with Crippen molar-refractivity contribution in [2.45, 2.75) is 75.4 Å². The number of rotatable bonds is 10. The maximum absolute atomic E-state index is 15.1. The van der Waals surface area contributed by atoms with Crippen LogP contribution in [0.4, 0.5) is 4.39 Å². The summed E-state index contributed by atoms with van der Waals surface area (Å²) in [5, 5.41) is 0. The van der Waals surface area contributed by atoms with E-state index >= 15 is 4.39 Å². The van der Waals surface area contributed by atoms with E-state index in [9.17, 15) is 4.79 Å². The van der Waals surface area contributed by atoms with Crippen molar-refractivity contribution < 1.29 is 18.7 Å². The monoisotopic (exact) mass is 534 g/mol. The summed E-state index contributed by atoms with van der Waals surface area (Å²) in [6.07, 6.45) is 4.75. The van der Waals surface area contributed by atoms with E-state index in [4.69, 9.17) is 9.47 Å². The van der Waals surface area contributed by atoms with Gasteiger partial charge in [0.05, 0.1) is 20.6 Å². The molecule has 2 atom stereocenters. The molecule has 38 heavy (non-hydrogen) atoms. The van der Waals surface area contributed by atoms with Crippen molar-refractivity contribution in [2.75, 3.05) is 14.2 Å². The standard InChI is InChI=1S/C33H39FO3S/c1-6-23(19-32(35)37-5)24-9-7-10-26(18-24)38-21-22-12-14-27(29-20-25(36-4)13-15-31(29)34)28(17-22)30-11-8-16-33(30,2)3/h7,9-10,12-15,17-18,20,23,30H,6,8,11,16,19,21H2,1-5H3/t23-,30+/m0/s1. The van der Waals surface area contributed by atoms with E-state index in [2.05, 4.69) is 63.2 Å². The van der Waals surface area contributed by atoms with Crippen LogP contribution < -0.4 is 4.74 Å². The Hall–Kier alpha value is -2.79. The average molecular weight is 535 g/mol. The second-order valence-electron chi connectivity index (χ2n) is 10.9. The van der Waals surface area contributed by atoms with E-state index in [0.717, 1.165) is 24.2 Å². The van der Waals surface area contributed by atoms with Gasteiger partial charge in [0.25, 0.3) is 0 Å². The van der Waals surface area contributed by atoms with Crippen LogP contribution in [0, 0.1) is 11.2 Å². The van der Waals surface area contributed by atoms with Gasteiger partial charge in [-0.25, -0.2) is 4.39 Å². The highest BCUT2D eigenvalue weighted by Crippen LogP contribution is 2.51. The highest BCUT2D eigenvalue weighted by Gasteiger charge is 2.37. The third-order valence-electron chi connectivity index (χ3n) is 8.08. The minimum atomic E-state index is -0.223. The van der Waals surface area contributed by atoms with Crippen LogP contribution in [0.5, 0.6) is 5.75 Å². The lowest BCUT2D eigenvalue weighted by Crippen LogP contribution is -2.16. The molecule has 0 amide bonds. The lowest BCUT2D eigenvalue weighted by molar-refractivity contribution is -0.141. The first-order valence-corrected chi connectivity index (χ1v) is 14.5. The molecule has 3 aromatic carbocycles. The zero-order valence-corrected chi connectivity index (χ0v) is 24.0. The minimum absolute atomic E-state index is 0.149. The van der Waals surface area contributed by atoms with E-state index < -0.39 is 0 Å². The van der Waals surface area contributed by atoms with E-state index in [1.807, 2.05) is 6.07 Å². The first kappa shape index (κ1) is 28.2. The molecule has 3 aromatic rings. The van der Waals surface area contributed by atoms with Crippen molar-refractivity contribution in [2.24, 2.45) is 5.41 Å². The number of hydrogen-bond acceptors (Lipinski definition) is 4. The Bertz CT molecular complexity index is 1270. The topological polar surface area (TPSA) is 35.5 Å². The van der Waals surface area contributed by atoms with Gasteiger partial charge in [-0.3, -0.25) is 4.79 Å². The normalized spacial score (nSPS) is 17.3. The summed E-state index contributed by atoms with van der Waals surface area (Å²) in [6.45, 7) is 6.77. The summed E-state index contributed by atoms with van der Waals surface area (Å²) in [7, 11) is 3.06. The summed E-state index contributed by atoms with van der Waals surface area (Å²) in [5.74, 6) is 1.61. The predicted molar refractivity (Wildman–Crippen MR) is 154 cm³/mol. The van der Waals surface area contributed by atoms with Gasteiger partial charge >= 0.3 is 5.97 Å². The molecule has 0 aliphatic heterocycles. The zero-order chi connectivity index (χ0) is 27.3. The number of carbonyl (C=O) groups is 1. The highest BCUT2D eigenvalue weighted by atomic mass is 32.2. The maximum Gasteiger partial charge on any atom is 0.306 e. The third-order valence-corrected chi connectivity index (χ3v) is 9.15. The van der Waals surface area contributed by atoms with Gasteiger partial charge in [-0.2, -0.15) is 0 Å². The molecular formula is C33H39FO3S. The number of halogens is 1. The average Bonchev–Trinajstić information content (AvgIpc) is 3.29. The number of carbonyl (C=O) groups excluding carboxylic acids is 1. The van der Waals surface area contributed by atoms with Gasteiger partial charge in [0.15, 0.2) is 0 Å². The van der Waals surface area contributed by atoms with Gasteiger partial charge in [0.2, 0.25) is 0 Å². The number of hydrogen-bond donors (Lipinski definition) is 0. The molecule has 1 saturated carbocycles. The summed E-state index contributed by atoms with van der Waals surface area (Å²) in [4.78, 5) is 13.0. The number of ether oxygens (including phenoxy) is 2. The first-order chi connectivity index (χ1) is 18.2. The van der Waals surface area contributed by atoms with E-state index in [-0.39, 0.29) is 23.1 Å². The highest BCUT2D eigenvalue weighted by molar-refractivity contribution is 7.98. The maximum atomic E-state index is 15.1. The quantitative estimate of drug-likeness (QED) is 0.192. The van der Waals surface area contributed by atoms with Crippen LogP contribution in [-0.2, 0) is 15.3 Å². The smallest absolute Gasteiger partial charge is 0.306 e. The molecule has 0 N–H and O–H groups in total. The van der Waals surface area contributed by atoms with Crippen LogP contribution in [-0.4, -0.2) is 20.2 Å². The van der Waals surface area contributed by atoms with Crippen LogP contribution in [0.3, 0.4) is 0 Å². The number of esters is 1. The Morgan fingerprint density at radius 1 is 1.08 bits per heavy atom. The minimum Gasteiger partial charge on any atom is -0.497 e. The van der Waals surface area contributed by atoms with Gasteiger partial charge in [0.1, 0.15) is 11.6 Å². The van der Waals surface area contributed by atoms with E-state index in [0.29, 0.717) is 23.7 Å². The predicted octanol–water partition coefficient (Wildman–Crippen LogP) is 9.14. The molecule has 202 valence electrons. The Kier molecular flexibility index (Phi) is 9.19. The van der Waals surface area contributed by atoms with Crippen molar-refractivity contribution in [1.82, 2.24) is 0 Å². The molecule has 0 unspecified atom stereocenters. The van der Waals surface area contributed by atoms with Gasteiger partial charge in [-0.05, 0) is 89.1 Å². The summed E-state index contributed by atoms with van der Waals surface area (Å²) >= 11 is 1.79. The van der Waals surface area contributed by atoms with Gasteiger partial charge in [-0.15, -0.1) is 11.8 Å². The van der Waals surface area contributed by atoms with Crippen LogP contribution in [0.2, 0.25) is 0 Å². The molecule has 5 heteroatoms. The molecule has 0 heterocycles. The molecule has 1 aliphatic rings. The molecule has 0 bridgehead atoms. The van der Waals surface area contributed by atoms with Crippen LogP contribution in [0.15, 0.2) is 65.6 Å². The summed E-state index contributed by atoms with van der Waals surface area (Å²) < 4.78 is 25.4. The molecule has 1 aliphatic carbocycles. The number of methoxy groups -OCH3 is 2. The fourth-order valence-corrected chi connectivity index (χ4v) is 6.69. The lowest BCUT2D eigenvalue weighted by Gasteiger charge is -2.30. The molecule has 0 saturated heterocycles. The molecule has 0 aromatic heterocycles. The Balaban J connectivity index is 1.62. The number of thioether (sulfide) groups is 1. The van der Waals surface area contributed by atoms with E-state index in [1.165, 1.54) is 47.6 Å². The Morgan fingerprint density at radius 2 is 1.89 bits per heavy atom. The van der Waals surface area contributed by atoms with Crippen molar-refractivity contribution in [3.05, 3.63) is 83.2 Å².